The number of carbonyl (C=O) groups excluding carboxylic acids is 2. The minimum absolute atomic E-state index is 0.176. The molecule has 1 N–H and O–H groups in total. The third-order valence-corrected chi connectivity index (χ3v) is 5.08. The van der Waals surface area contributed by atoms with Gasteiger partial charge in [0.05, 0.1) is 30.5 Å². The number of piperidine rings is 1. The molecule has 0 bridgehead atoms. The number of rotatable bonds is 4. The highest BCUT2D eigenvalue weighted by molar-refractivity contribution is 5.90. The summed E-state index contributed by atoms with van der Waals surface area (Å²) in [5.41, 5.74) is 1.99. The van der Waals surface area contributed by atoms with E-state index in [1.807, 2.05) is 11.8 Å². The van der Waals surface area contributed by atoms with Crippen LogP contribution < -0.4 is 15.1 Å². The monoisotopic (exact) mass is 386 g/mol. The molecule has 0 radical (unpaired) electrons. The quantitative estimate of drug-likeness (QED) is 0.804. The van der Waals surface area contributed by atoms with Crippen molar-refractivity contribution in [3.63, 3.8) is 0 Å². The fourth-order valence-corrected chi connectivity index (χ4v) is 3.58. The molecule has 0 saturated carbocycles. The average Bonchev–Trinajstić information content (AvgIpc) is 3.02. The fourth-order valence-electron chi connectivity index (χ4n) is 3.58. The molecule has 2 saturated heterocycles. The molecule has 28 heavy (non-hydrogen) atoms. The van der Waals surface area contributed by atoms with Crippen molar-refractivity contribution >= 4 is 23.4 Å². The molecule has 7 nitrogen and oxygen atoms in total. The first-order chi connectivity index (χ1) is 13.4. The fraction of sp³-hybridized carbons (Fsp3) is 0.450. The number of nitrogens with one attached hydrogen (secondary N) is 1. The van der Waals surface area contributed by atoms with Crippen LogP contribution in [0.15, 0.2) is 29.8 Å². The van der Waals surface area contributed by atoms with Gasteiger partial charge < -0.3 is 15.0 Å². The second-order valence-corrected chi connectivity index (χ2v) is 7.13. The molecular formula is C20H23FN4O3. The predicted molar refractivity (Wildman–Crippen MR) is 102 cm³/mol. The highest BCUT2D eigenvalue weighted by Crippen LogP contribution is 2.31. The summed E-state index contributed by atoms with van der Waals surface area (Å²) in [6.07, 6.45) is 1.28. The van der Waals surface area contributed by atoms with E-state index in [4.69, 9.17) is 10.00 Å². The predicted octanol–water partition coefficient (Wildman–Crippen LogP) is 2.58. The van der Waals surface area contributed by atoms with Crippen LogP contribution in [0.3, 0.4) is 0 Å². The molecule has 2 heterocycles. The Hall–Kier alpha value is -3.08. The molecule has 0 aromatic heterocycles. The molecule has 2 aliphatic rings. The molecule has 0 spiro atoms. The number of ether oxygens (including phenoxy) is 1. The molecule has 148 valence electrons. The van der Waals surface area contributed by atoms with Gasteiger partial charge in [-0.25, -0.2) is 9.18 Å². The molecule has 1 aromatic rings. The van der Waals surface area contributed by atoms with Gasteiger partial charge in [-0.2, -0.15) is 5.26 Å². The first-order valence-corrected chi connectivity index (χ1v) is 9.24. The summed E-state index contributed by atoms with van der Waals surface area (Å²) >= 11 is 0. The van der Waals surface area contributed by atoms with Crippen LogP contribution in [0.25, 0.3) is 0 Å². The topological polar surface area (TPSA) is 85.7 Å². The van der Waals surface area contributed by atoms with Crippen molar-refractivity contribution in [3.05, 3.63) is 35.7 Å². The maximum atomic E-state index is 14.8. The number of carbonyl (C=O) groups is 2. The van der Waals surface area contributed by atoms with Crippen molar-refractivity contribution < 1.29 is 18.7 Å². The molecule has 8 heteroatoms. The Labute approximate surface area is 163 Å². The van der Waals surface area contributed by atoms with E-state index < -0.39 is 18.0 Å². The zero-order chi connectivity index (χ0) is 20.3. The normalized spacial score (nSPS) is 23.5. The molecule has 1 aromatic carbocycles. The summed E-state index contributed by atoms with van der Waals surface area (Å²) < 4.78 is 20.0. The van der Waals surface area contributed by atoms with E-state index in [0.717, 1.165) is 12.0 Å². The van der Waals surface area contributed by atoms with Gasteiger partial charge >= 0.3 is 6.09 Å². The van der Waals surface area contributed by atoms with Gasteiger partial charge in [0.25, 0.3) is 0 Å². The van der Waals surface area contributed by atoms with E-state index in [1.54, 1.807) is 18.2 Å². The zero-order valence-corrected chi connectivity index (χ0v) is 15.9. The van der Waals surface area contributed by atoms with Gasteiger partial charge in [0.15, 0.2) is 0 Å². The SMILES string of the molecule is CC(=O)NC[C@H]1CN(c2ccc(N3CCC(=CC#N)C(C)C3)c(F)c2)C(=O)O1. The first kappa shape index (κ1) is 19.7. The lowest BCUT2D eigenvalue weighted by molar-refractivity contribution is -0.119. The Balaban J connectivity index is 1.69. The van der Waals surface area contributed by atoms with Crippen LogP contribution in [-0.4, -0.2) is 44.3 Å². The lowest BCUT2D eigenvalue weighted by Gasteiger charge is -2.34. The largest absolute Gasteiger partial charge is 0.442 e. The molecule has 2 fully saturated rings. The number of nitrogens with zero attached hydrogens (tertiary/aromatic N) is 3. The Morgan fingerprint density at radius 1 is 1.46 bits per heavy atom. The lowest BCUT2D eigenvalue weighted by atomic mass is 9.92. The number of hydrogen-bond acceptors (Lipinski definition) is 5. The number of allylic oxidation sites excluding steroid dienone is 1. The standard InChI is InChI=1S/C20H23FN4O3/c1-13-11-24(8-6-15(13)5-7-22)19-4-3-16(9-18(19)21)25-12-17(28-20(25)27)10-23-14(2)26/h3-5,9,13,17H,6,8,10-12H2,1-2H3,(H,23,26)/t13?,17-/m0/s1. The van der Waals surface area contributed by atoms with E-state index in [-0.39, 0.29) is 24.9 Å². The number of nitriles is 1. The van der Waals surface area contributed by atoms with Gasteiger partial charge in [0.1, 0.15) is 11.9 Å². The highest BCUT2D eigenvalue weighted by Gasteiger charge is 2.33. The van der Waals surface area contributed by atoms with Crippen molar-refractivity contribution in [2.24, 2.45) is 5.92 Å². The van der Waals surface area contributed by atoms with Crippen molar-refractivity contribution in [2.75, 3.05) is 36.0 Å². The van der Waals surface area contributed by atoms with Crippen LogP contribution in [0.5, 0.6) is 0 Å². The van der Waals surface area contributed by atoms with Crippen molar-refractivity contribution in [3.8, 4) is 6.07 Å². The minimum Gasteiger partial charge on any atom is -0.442 e. The van der Waals surface area contributed by atoms with Gasteiger partial charge in [-0.05, 0) is 30.5 Å². The van der Waals surface area contributed by atoms with Crippen LogP contribution in [0.4, 0.5) is 20.6 Å². The Kier molecular flexibility index (Phi) is 5.83. The maximum Gasteiger partial charge on any atom is 0.414 e. The van der Waals surface area contributed by atoms with Crippen molar-refractivity contribution in [1.82, 2.24) is 5.32 Å². The molecule has 1 unspecified atom stereocenters. The summed E-state index contributed by atoms with van der Waals surface area (Å²) in [6, 6.07) is 6.78. The van der Waals surface area contributed by atoms with E-state index >= 15 is 0 Å². The Morgan fingerprint density at radius 2 is 2.25 bits per heavy atom. The van der Waals surface area contributed by atoms with Crippen LogP contribution in [-0.2, 0) is 9.53 Å². The van der Waals surface area contributed by atoms with Gasteiger partial charge in [-0.1, -0.05) is 12.5 Å². The van der Waals surface area contributed by atoms with E-state index in [9.17, 15) is 14.0 Å². The van der Waals surface area contributed by atoms with Gasteiger partial charge in [0, 0.05) is 26.1 Å². The lowest BCUT2D eigenvalue weighted by Crippen LogP contribution is -2.36. The summed E-state index contributed by atoms with van der Waals surface area (Å²) in [4.78, 5) is 26.4. The third kappa shape index (κ3) is 4.25. The smallest absolute Gasteiger partial charge is 0.414 e. The summed E-state index contributed by atoms with van der Waals surface area (Å²) in [5, 5.41) is 11.4. The van der Waals surface area contributed by atoms with E-state index in [0.29, 0.717) is 24.5 Å². The van der Waals surface area contributed by atoms with Gasteiger partial charge in [-0.3, -0.25) is 9.69 Å². The summed E-state index contributed by atoms with van der Waals surface area (Å²) in [7, 11) is 0. The molecule has 3 rings (SSSR count). The van der Waals surface area contributed by atoms with Crippen LogP contribution in [0, 0.1) is 23.1 Å². The Morgan fingerprint density at radius 3 is 2.89 bits per heavy atom. The van der Waals surface area contributed by atoms with Gasteiger partial charge in [-0.15, -0.1) is 0 Å². The van der Waals surface area contributed by atoms with Crippen LogP contribution in [0.1, 0.15) is 20.3 Å². The van der Waals surface area contributed by atoms with Crippen LogP contribution in [0.2, 0.25) is 0 Å². The maximum absolute atomic E-state index is 14.8. The molecular weight excluding hydrogens is 363 g/mol. The zero-order valence-electron chi connectivity index (χ0n) is 15.9. The highest BCUT2D eigenvalue weighted by atomic mass is 19.1. The van der Waals surface area contributed by atoms with Crippen molar-refractivity contribution in [2.45, 2.75) is 26.4 Å². The Bertz CT molecular complexity index is 848. The van der Waals surface area contributed by atoms with Gasteiger partial charge in [0.2, 0.25) is 5.91 Å². The first-order valence-electron chi connectivity index (χ1n) is 9.24. The van der Waals surface area contributed by atoms with E-state index in [1.165, 1.54) is 17.9 Å². The second kappa shape index (κ2) is 8.30. The number of anilines is 2. The number of halogens is 1. The molecule has 2 aliphatic heterocycles. The van der Waals surface area contributed by atoms with Crippen molar-refractivity contribution in [1.29, 1.82) is 5.26 Å². The second-order valence-electron chi connectivity index (χ2n) is 7.13. The minimum atomic E-state index is -0.555. The molecule has 2 amide bonds. The number of benzene rings is 1. The molecule has 0 aliphatic carbocycles. The molecule has 2 atom stereocenters. The summed E-state index contributed by atoms with van der Waals surface area (Å²) in [5.74, 6) is -0.431. The van der Waals surface area contributed by atoms with E-state index in [2.05, 4.69) is 11.4 Å². The number of amides is 2. The van der Waals surface area contributed by atoms with Crippen LogP contribution >= 0.6 is 0 Å². The number of cyclic esters (lactones) is 1. The third-order valence-electron chi connectivity index (χ3n) is 5.08. The average molecular weight is 386 g/mol. The number of hydrogen-bond donors (Lipinski definition) is 1. The summed E-state index contributed by atoms with van der Waals surface area (Å²) in [6.45, 7) is 5.16.